The Labute approximate surface area is 77.6 Å². The molecule has 0 nitrogen and oxygen atoms in total. The molecule has 0 aliphatic carbocycles. The molecule has 0 fully saturated rings. The quantitative estimate of drug-likeness (QED) is 0.550. The molecule has 0 aliphatic heterocycles. The molecule has 0 atom stereocenters. The van der Waals surface area contributed by atoms with Gasteiger partial charge in [-0.15, -0.1) is 0 Å². The van der Waals surface area contributed by atoms with Crippen molar-refractivity contribution in [3.05, 3.63) is 0 Å². The first kappa shape index (κ1) is 31.4. The second kappa shape index (κ2) is 17.8. The van der Waals surface area contributed by atoms with Crippen LogP contribution in [-0.2, 0) is 78.6 Å². The van der Waals surface area contributed by atoms with E-state index in [0.29, 0.717) is 0 Å². The second-order valence-corrected chi connectivity index (χ2v) is 0. The molecule has 0 N–H and O–H groups in total. The monoisotopic (exact) mass is 324 g/mol. The summed E-state index contributed by atoms with van der Waals surface area (Å²) in [7, 11) is 0. The van der Waals surface area contributed by atoms with Crippen LogP contribution >= 0.6 is 0 Å². The van der Waals surface area contributed by atoms with Crippen molar-refractivity contribution in [3.8, 4) is 0 Å². The molecule has 0 unspecified atom stereocenters. The summed E-state index contributed by atoms with van der Waals surface area (Å²) < 4.78 is 0. The maximum Gasteiger partial charge on any atom is 0 e. The van der Waals surface area contributed by atoms with E-state index in [9.17, 15) is 0 Å². The van der Waals surface area contributed by atoms with Gasteiger partial charge >= 0.3 is 0 Å². The topological polar surface area (TPSA) is 0 Å². The van der Waals surface area contributed by atoms with E-state index in [1.54, 1.807) is 0 Å². The largest absolute Gasteiger partial charge is 0 e. The smallest absolute Gasteiger partial charge is 0 e. The molecule has 0 aromatic rings. The third-order valence-corrected chi connectivity index (χ3v) is 0. The molecule has 0 rings (SSSR count). The number of hydrogen-bond donors (Lipinski definition) is 0. The minimum absolute atomic E-state index is 0. The average Bonchev–Trinajstić information content (AvgIpc) is 0. The summed E-state index contributed by atoms with van der Waals surface area (Å²) in [6, 6.07) is 0. The van der Waals surface area contributed by atoms with Gasteiger partial charge < -0.3 is 0 Å². The molecule has 0 aromatic heterocycles. The van der Waals surface area contributed by atoms with E-state index < -0.39 is 0 Å². The third kappa shape index (κ3) is 8.82. The van der Waals surface area contributed by atoms with Gasteiger partial charge in [-0.2, -0.15) is 0 Å². The zero-order chi connectivity index (χ0) is 0. The fourth-order valence-corrected chi connectivity index (χ4v) is 0. The second-order valence-electron chi connectivity index (χ2n) is 0. The van der Waals surface area contributed by atoms with Crippen LogP contribution in [0.25, 0.3) is 0 Å². The number of rotatable bonds is 0. The molecular weight excluding hydrogens is 326 g/mol. The minimum Gasteiger partial charge on any atom is 0 e. The van der Waals surface area contributed by atoms with Gasteiger partial charge in [-0.3, -0.25) is 0 Å². The summed E-state index contributed by atoms with van der Waals surface area (Å²) >= 11 is 0. The zero-order valence-corrected chi connectivity index (χ0v) is 6.55. The summed E-state index contributed by atoms with van der Waals surface area (Å²) in [5.74, 6) is 0. The first-order valence-electron chi connectivity index (χ1n) is 0. The van der Waals surface area contributed by atoms with E-state index in [2.05, 4.69) is 0 Å². The van der Waals surface area contributed by atoms with Crippen LogP contribution < -0.4 is 0 Å². The Hall–Kier alpha value is 2.51. The normalized spacial score (nSPS) is 0. The van der Waals surface area contributed by atoms with Crippen LogP contribution in [0.5, 0.6) is 0 Å². The Morgan fingerprint density at radius 2 is 0.750 bits per heavy atom. The van der Waals surface area contributed by atoms with Crippen molar-refractivity contribution in [2.75, 3.05) is 0 Å². The van der Waals surface area contributed by atoms with Crippen LogP contribution in [0.3, 0.4) is 0 Å². The molecule has 0 aliphatic rings. The zero-order valence-electron chi connectivity index (χ0n) is 1.33. The van der Waals surface area contributed by atoms with Gasteiger partial charge in [0.05, 0.1) is 0 Å². The summed E-state index contributed by atoms with van der Waals surface area (Å²) in [6.07, 6.45) is 0. The van der Waals surface area contributed by atoms with E-state index in [1.807, 2.05) is 0 Å². The molecular formula is Ag2CrNi. The standard InChI is InChI=1S/2Ag.Cr.Ni. The van der Waals surface area contributed by atoms with Gasteiger partial charge in [0.2, 0.25) is 0 Å². The van der Waals surface area contributed by atoms with Gasteiger partial charge in [0.1, 0.15) is 0 Å². The molecule has 0 saturated carbocycles. The van der Waals surface area contributed by atoms with Crippen LogP contribution in [0, 0.1) is 0 Å². The molecule has 0 amide bonds. The third-order valence-electron chi connectivity index (χ3n) is 0. The van der Waals surface area contributed by atoms with Crippen molar-refractivity contribution in [2.24, 2.45) is 0 Å². The molecule has 0 bridgehead atoms. The Kier molecular flexibility index (Phi) is 140. The Morgan fingerprint density at radius 1 is 0.750 bits per heavy atom. The van der Waals surface area contributed by atoms with Gasteiger partial charge in [-0.05, 0) is 0 Å². The summed E-state index contributed by atoms with van der Waals surface area (Å²) in [4.78, 5) is 0. The Bertz CT molecular complexity index is 6.00. The first-order valence-corrected chi connectivity index (χ1v) is 0. The SMILES string of the molecule is [Ag].[Ag].[Cr].[Ni]. The van der Waals surface area contributed by atoms with Gasteiger partial charge in [-0.1, -0.05) is 0 Å². The van der Waals surface area contributed by atoms with E-state index in [-0.39, 0.29) is 78.6 Å². The van der Waals surface area contributed by atoms with Crippen molar-refractivity contribution in [1.29, 1.82) is 0 Å². The Morgan fingerprint density at radius 3 is 0.750 bits per heavy atom. The average molecular weight is 326 g/mol. The molecule has 2 radical (unpaired) electrons. The van der Waals surface area contributed by atoms with Crippen molar-refractivity contribution < 1.29 is 78.6 Å². The maximum absolute atomic E-state index is 0. The molecule has 38 valence electrons. The molecule has 0 aromatic carbocycles. The predicted molar refractivity (Wildman–Crippen MR) is 0 cm³/mol. The van der Waals surface area contributed by atoms with Crippen LogP contribution in [0.1, 0.15) is 0 Å². The van der Waals surface area contributed by atoms with Crippen molar-refractivity contribution >= 4 is 0 Å². The van der Waals surface area contributed by atoms with Crippen LogP contribution in [-0.4, -0.2) is 0 Å². The van der Waals surface area contributed by atoms with E-state index in [1.165, 1.54) is 0 Å². The number of hydrogen-bond acceptors (Lipinski definition) is 0. The fourth-order valence-electron chi connectivity index (χ4n) is 0. The predicted octanol–water partition coefficient (Wildman–Crippen LogP) is -0.0100. The fraction of sp³-hybridized carbons (Fsp3) is 0. The molecule has 0 heterocycles. The molecule has 4 heteroatoms. The summed E-state index contributed by atoms with van der Waals surface area (Å²) in [5, 5.41) is 0. The van der Waals surface area contributed by atoms with Crippen molar-refractivity contribution in [1.82, 2.24) is 0 Å². The van der Waals surface area contributed by atoms with Gasteiger partial charge in [-0.25, -0.2) is 0 Å². The van der Waals surface area contributed by atoms with Crippen LogP contribution in [0.15, 0.2) is 0 Å². The van der Waals surface area contributed by atoms with Gasteiger partial charge in [0, 0.05) is 78.6 Å². The maximum atomic E-state index is 0. The minimum atomic E-state index is 0. The van der Waals surface area contributed by atoms with Crippen molar-refractivity contribution in [3.63, 3.8) is 0 Å². The summed E-state index contributed by atoms with van der Waals surface area (Å²) in [5.41, 5.74) is 0. The van der Waals surface area contributed by atoms with Crippen molar-refractivity contribution in [2.45, 2.75) is 0 Å². The van der Waals surface area contributed by atoms with Gasteiger partial charge in [0.25, 0.3) is 0 Å². The van der Waals surface area contributed by atoms with Crippen LogP contribution in [0.2, 0.25) is 0 Å². The molecule has 0 saturated heterocycles. The van der Waals surface area contributed by atoms with E-state index in [4.69, 9.17) is 0 Å². The summed E-state index contributed by atoms with van der Waals surface area (Å²) in [6.45, 7) is 0. The Balaban J connectivity index is 0. The molecule has 4 heavy (non-hydrogen) atoms. The van der Waals surface area contributed by atoms with Gasteiger partial charge in [0.15, 0.2) is 0 Å². The van der Waals surface area contributed by atoms with E-state index in [0.717, 1.165) is 0 Å². The first-order chi connectivity index (χ1) is 0. The molecule has 0 spiro atoms. The van der Waals surface area contributed by atoms with Crippen LogP contribution in [0.4, 0.5) is 0 Å². The van der Waals surface area contributed by atoms with E-state index >= 15 is 0 Å².